The molecule has 1 heterocycles. The van der Waals surface area contributed by atoms with Crippen LogP contribution in [0.2, 0.25) is 0 Å². The van der Waals surface area contributed by atoms with Gasteiger partial charge in [-0.05, 0) is 80.1 Å². The molecule has 0 radical (unpaired) electrons. The Morgan fingerprint density at radius 3 is 2.55 bits per heavy atom. The van der Waals surface area contributed by atoms with Gasteiger partial charge in [0, 0.05) is 34.4 Å². The van der Waals surface area contributed by atoms with Gasteiger partial charge in [0.05, 0.1) is 0 Å². The van der Waals surface area contributed by atoms with Crippen LogP contribution in [0, 0.1) is 12.8 Å². The van der Waals surface area contributed by atoms with Crippen LogP contribution in [-0.2, 0) is 0 Å². The predicted octanol–water partition coefficient (Wildman–Crippen LogP) is 7.36. The number of carbonyl (C=O) groups is 1. The second-order valence-corrected chi connectivity index (χ2v) is 10.6. The predicted molar refractivity (Wildman–Crippen MR) is 166 cm³/mol. The zero-order chi connectivity index (χ0) is 28.2. The highest BCUT2D eigenvalue weighted by atomic mass is 16.3. The van der Waals surface area contributed by atoms with Crippen LogP contribution >= 0.6 is 0 Å². The number of aryl methyl sites for hydroxylation is 1. The first-order valence-electron chi connectivity index (χ1n) is 14.5. The lowest BCUT2D eigenvalue weighted by Gasteiger charge is -2.20. The molecule has 2 unspecified atom stereocenters. The van der Waals surface area contributed by atoms with E-state index in [1.54, 1.807) is 12.1 Å². The van der Waals surface area contributed by atoms with E-state index in [0.717, 1.165) is 41.9 Å². The molecule has 6 nitrogen and oxygen atoms in total. The lowest BCUT2D eigenvalue weighted by atomic mass is 9.91. The van der Waals surface area contributed by atoms with E-state index in [2.05, 4.69) is 27.8 Å². The van der Waals surface area contributed by atoms with Gasteiger partial charge in [-0.2, -0.15) is 0 Å². The summed E-state index contributed by atoms with van der Waals surface area (Å²) in [6, 6.07) is 22.7. The number of allylic oxidation sites excluding steroid dienone is 1. The Balaban J connectivity index is 1.33. The summed E-state index contributed by atoms with van der Waals surface area (Å²) in [7, 11) is 0. The summed E-state index contributed by atoms with van der Waals surface area (Å²) >= 11 is 0. The Hall–Kier alpha value is -3.74. The van der Waals surface area contributed by atoms with Gasteiger partial charge in [-0.25, -0.2) is 0 Å². The number of aliphatic hydroxyl groups is 1. The molecule has 1 aliphatic heterocycles. The van der Waals surface area contributed by atoms with Crippen LogP contribution in [0.3, 0.4) is 0 Å². The van der Waals surface area contributed by atoms with Gasteiger partial charge in [-0.15, -0.1) is 0 Å². The molecule has 1 aliphatic rings. The van der Waals surface area contributed by atoms with Crippen molar-refractivity contribution in [1.29, 1.82) is 0 Å². The monoisotopic (exact) mass is 538 g/mol. The van der Waals surface area contributed by atoms with Gasteiger partial charge in [-0.1, -0.05) is 80.6 Å². The van der Waals surface area contributed by atoms with Crippen molar-refractivity contribution in [2.75, 3.05) is 17.2 Å². The van der Waals surface area contributed by atoms with Gasteiger partial charge >= 0.3 is 0 Å². The molecule has 0 aromatic heterocycles. The molecule has 1 amide bonds. The third-order valence-corrected chi connectivity index (χ3v) is 7.43. The molecule has 40 heavy (non-hydrogen) atoms. The second kappa shape index (κ2) is 15.2. The maximum Gasteiger partial charge on any atom is 0.255 e. The first kappa shape index (κ1) is 29.2. The molecule has 3 aromatic carbocycles. The van der Waals surface area contributed by atoms with Crippen molar-refractivity contribution in [3.63, 3.8) is 0 Å². The number of amides is 1. The standard InChI is InChI=1S/C34H42N4O2/c1-25-17-18-29(24-31(25)38-33(39)27-13-8-6-9-14-27)34(40)37-30-16-11-15-28(23-30)32-22-26(19-21-36-32)12-7-4-2-3-5-10-20-35/h6,8-9,11,13-19,21,23-24,26,34,37,40H,2-5,7,10,12,20,22,35H2,1H3,(H,38,39). The Morgan fingerprint density at radius 2 is 1.75 bits per heavy atom. The number of rotatable bonds is 14. The summed E-state index contributed by atoms with van der Waals surface area (Å²) in [5, 5.41) is 17.2. The molecule has 0 aliphatic carbocycles. The van der Waals surface area contributed by atoms with Crippen LogP contribution in [0.1, 0.15) is 84.6 Å². The van der Waals surface area contributed by atoms with Crippen LogP contribution < -0.4 is 16.4 Å². The van der Waals surface area contributed by atoms with Gasteiger partial charge in [0.1, 0.15) is 0 Å². The summed E-state index contributed by atoms with van der Waals surface area (Å²) in [6.07, 6.45) is 12.8. The number of carbonyl (C=O) groups excluding carboxylic acids is 1. The van der Waals surface area contributed by atoms with Crippen LogP contribution in [0.15, 0.2) is 90.1 Å². The number of aliphatic imine (C=N–C) groups is 1. The van der Waals surface area contributed by atoms with E-state index in [0.29, 0.717) is 22.7 Å². The van der Waals surface area contributed by atoms with Crippen molar-refractivity contribution < 1.29 is 9.90 Å². The number of nitrogens with zero attached hydrogens (tertiary/aromatic N) is 1. The van der Waals surface area contributed by atoms with Crippen molar-refractivity contribution in [3.05, 3.63) is 107 Å². The summed E-state index contributed by atoms with van der Waals surface area (Å²) in [6.45, 7) is 2.73. The van der Waals surface area contributed by atoms with Crippen LogP contribution in [0.5, 0.6) is 0 Å². The SMILES string of the molecule is Cc1ccc(C(O)Nc2cccc(C3=NC=CC(CCCCCCCCN)C3)c2)cc1NC(=O)c1ccccc1. The topological polar surface area (TPSA) is 99.7 Å². The number of nitrogens with two attached hydrogens (primary N) is 1. The Kier molecular flexibility index (Phi) is 11.1. The van der Waals surface area contributed by atoms with E-state index in [-0.39, 0.29) is 5.91 Å². The highest BCUT2D eigenvalue weighted by Gasteiger charge is 2.16. The van der Waals surface area contributed by atoms with Gasteiger partial charge in [0.25, 0.3) is 5.91 Å². The van der Waals surface area contributed by atoms with E-state index < -0.39 is 6.23 Å². The minimum atomic E-state index is -0.936. The maximum atomic E-state index is 12.7. The Labute approximate surface area is 238 Å². The largest absolute Gasteiger partial charge is 0.369 e. The van der Waals surface area contributed by atoms with Gasteiger partial charge < -0.3 is 21.5 Å². The molecule has 0 fully saturated rings. The normalized spacial score (nSPS) is 15.4. The molecular formula is C34H42N4O2. The number of nitrogens with one attached hydrogen (secondary N) is 2. The molecule has 5 N–H and O–H groups in total. The Morgan fingerprint density at radius 1 is 0.975 bits per heavy atom. The van der Waals surface area contributed by atoms with Crippen molar-refractivity contribution in [1.82, 2.24) is 0 Å². The number of benzene rings is 3. The smallest absolute Gasteiger partial charge is 0.255 e. The van der Waals surface area contributed by atoms with E-state index in [1.165, 1.54) is 38.5 Å². The number of hydrogen-bond donors (Lipinski definition) is 4. The van der Waals surface area contributed by atoms with Gasteiger partial charge in [0.15, 0.2) is 6.23 Å². The van der Waals surface area contributed by atoms with Crippen LogP contribution in [0.25, 0.3) is 0 Å². The first-order chi connectivity index (χ1) is 19.5. The first-order valence-corrected chi connectivity index (χ1v) is 14.5. The molecule has 0 saturated heterocycles. The molecule has 0 spiro atoms. The van der Waals surface area contributed by atoms with Crippen molar-refractivity contribution >= 4 is 23.0 Å². The quantitative estimate of drug-likeness (QED) is 0.127. The summed E-state index contributed by atoms with van der Waals surface area (Å²) in [5.74, 6) is 0.329. The summed E-state index contributed by atoms with van der Waals surface area (Å²) < 4.78 is 0. The fourth-order valence-corrected chi connectivity index (χ4v) is 5.03. The highest BCUT2D eigenvalue weighted by molar-refractivity contribution is 6.04. The van der Waals surface area contributed by atoms with E-state index in [4.69, 9.17) is 5.73 Å². The van der Waals surface area contributed by atoms with Crippen LogP contribution in [-0.4, -0.2) is 23.3 Å². The molecule has 2 atom stereocenters. The van der Waals surface area contributed by atoms with Crippen molar-refractivity contribution in [3.8, 4) is 0 Å². The third kappa shape index (κ3) is 8.63. The summed E-state index contributed by atoms with van der Waals surface area (Å²) in [4.78, 5) is 17.3. The molecule has 4 rings (SSSR count). The van der Waals surface area contributed by atoms with Crippen molar-refractivity contribution in [2.24, 2.45) is 16.6 Å². The number of hydrogen-bond acceptors (Lipinski definition) is 5. The number of aliphatic hydroxyl groups excluding tert-OH is 1. The average molecular weight is 539 g/mol. The van der Waals surface area contributed by atoms with Crippen molar-refractivity contribution in [2.45, 2.75) is 64.5 Å². The van der Waals surface area contributed by atoms with Crippen LogP contribution in [0.4, 0.5) is 11.4 Å². The summed E-state index contributed by atoms with van der Waals surface area (Å²) in [5.41, 5.74) is 11.4. The Bertz CT molecular complexity index is 1300. The van der Waals surface area contributed by atoms with Gasteiger partial charge in [-0.3, -0.25) is 9.79 Å². The number of unbranched alkanes of at least 4 members (excludes halogenated alkanes) is 5. The lowest BCUT2D eigenvalue weighted by molar-refractivity contribution is 0.102. The van der Waals surface area contributed by atoms with E-state index >= 15 is 0 Å². The molecule has 0 bridgehead atoms. The van der Waals surface area contributed by atoms with Gasteiger partial charge in [0.2, 0.25) is 0 Å². The molecule has 210 valence electrons. The molecule has 6 heteroatoms. The van der Waals surface area contributed by atoms with E-state index in [1.807, 2.05) is 67.7 Å². The molecule has 0 saturated carbocycles. The zero-order valence-corrected chi connectivity index (χ0v) is 23.5. The molecular weight excluding hydrogens is 496 g/mol. The lowest BCUT2D eigenvalue weighted by Crippen LogP contribution is -2.15. The minimum Gasteiger partial charge on any atom is -0.369 e. The zero-order valence-electron chi connectivity index (χ0n) is 23.5. The average Bonchev–Trinajstić information content (AvgIpc) is 2.98. The van der Waals surface area contributed by atoms with E-state index in [9.17, 15) is 9.90 Å². The fourth-order valence-electron chi connectivity index (χ4n) is 5.03. The minimum absolute atomic E-state index is 0.181. The number of anilines is 2. The molecule has 3 aromatic rings. The highest BCUT2D eigenvalue weighted by Crippen LogP contribution is 2.27. The second-order valence-electron chi connectivity index (χ2n) is 10.6. The fraction of sp³-hybridized carbons (Fsp3) is 0.353. The maximum absolute atomic E-state index is 12.7. The third-order valence-electron chi connectivity index (χ3n) is 7.43.